The Morgan fingerprint density at radius 3 is 2.50 bits per heavy atom. The van der Waals surface area contributed by atoms with Crippen molar-refractivity contribution in [3.05, 3.63) is 0 Å². The molecule has 1 aliphatic heterocycles. The molecule has 3 aliphatic rings. The minimum atomic E-state index is 0.753. The molecule has 1 spiro atoms. The molecule has 0 bridgehead atoms. The van der Waals surface area contributed by atoms with Gasteiger partial charge in [-0.3, -0.25) is 4.90 Å². The fourth-order valence-electron chi connectivity index (χ4n) is 4.94. The molecule has 1 saturated heterocycles. The van der Waals surface area contributed by atoms with Crippen LogP contribution in [0, 0.1) is 11.3 Å². The highest BCUT2D eigenvalue weighted by atomic mass is 15.2. The van der Waals surface area contributed by atoms with Crippen LogP contribution in [0.3, 0.4) is 0 Å². The summed E-state index contributed by atoms with van der Waals surface area (Å²) in [6, 6.07) is 0.943. The van der Waals surface area contributed by atoms with Gasteiger partial charge in [0, 0.05) is 12.6 Å². The van der Waals surface area contributed by atoms with E-state index in [1.165, 1.54) is 77.3 Å². The van der Waals surface area contributed by atoms with Gasteiger partial charge in [-0.05, 0) is 69.4 Å². The predicted molar refractivity (Wildman–Crippen MR) is 76.5 cm³/mol. The minimum Gasteiger partial charge on any atom is -0.330 e. The zero-order valence-electron chi connectivity index (χ0n) is 11.9. The second-order valence-corrected chi connectivity index (χ2v) is 7.06. The van der Waals surface area contributed by atoms with E-state index in [1.807, 2.05) is 0 Å². The summed E-state index contributed by atoms with van der Waals surface area (Å²) < 4.78 is 0. The topological polar surface area (TPSA) is 29.3 Å². The monoisotopic (exact) mass is 250 g/mol. The molecule has 3 rings (SSSR count). The van der Waals surface area contributed by atoms with Gasteiger partial charge in [-0.1, -0.05) is 19.3 Å². The molecule has 0 radical (unpaired) electrons. The van der Waals surface area contributed by atoms with Crippen molar-refractivity contribution in [2.24, 2.45) is 17.1 Å². The number of rotatable bonds is 3. The Balaban J connectivity index is 1.60. The summed E-state index contributed by atoms with van der Waals surface area (Å²) in [7, 11) is 0. The first kappa shape index (κ1) is 12.9. The summed E-state index contributed by atoms with van der Waals surface area (Å²) >= 11 is 0. The van der Waals surface area contributed by atoms with Crippen molar-refractivity contribution < 1.29 is 0 Å². The summed E-state index contributed by atoms with van der Waals surface area (Å²) in [5, 5.41) is 0. The number of nitrogens with two attached hydrogens (primary N) is 1. The third kappa shape index (κ3) is 2.34. The molecule has 104 valence electrons. The van der Waals surface area contributed by atoms with Crippen molar-refractivity contribution >= 4 is 0 Å². The van der Waals surface area contributed by atoms with Crippen molar-refractivity contribution in [1.29, 1.82) is 0 Å². The highest BCUT2D eigenvalue weighted by molar-refractivity contribution is 5.03. The van der Waals surface area contributed by atoms with E-state index in [9.17, 15) is 0 Å². The third-order valence-corrected chi connectivity index (χ3v) is 6.04. The first-order valence-electron chi connectivity index (χ1n) is 8.28. The Bertz CT molecular complexity index is 268. The van der Waals surface area contributed by atoms with Crippen LogP contribution in [-0.4, -0.2) is 30.6 Å². The van der Waals surface area contributed by atoms with Crippen LogP contribution in [0.25, 0.3) is 0 Å². The van der Waals surface area contributed by atoms with Crippen molar-refractivity contribution in [1.82, 2.24) is 4.90 Å². The van der Waals surface area contributed by atoms with Gasteiger partial charge in [-0.25, -0.2) is 0 Å². The average Bonchev–Trinajstić information content (AvgIpc) is 2.39. The molecule has 0 aromatic heterocycles. The van der Waals surface area contributed by atoms with E-state index < -0.39 is 0 Å². The third-order valence-electron chi connectivity index (χ3n) is 6.04. The molecule has 0 aromatic rings. The van der Waals surface area contributed by atoms with Crippen LogP contribution in [0.5, 0.6) is 0 Å². The molecule has 18 heavy (non-hydrogen) atoms. The lowest BCUT2D eigenvalue weighted by Crippen LogP contribution is -2.58. The van der Waals surface area contributed by atoms with E-state index in [2.05, 4.69) is 4.90 Å². The molecule has 3 fully saturated rings. The number of piperidine rings is 1. The van der Waals surface area contributed by atoms with Gasteiger partial charge in [-0.15, -0.1) is 0 Å². The summed E-state index contributed by atoms with van der Waals surface area (Å²) in [4.78, 5) is 2.86. The van der Waals surface area contributed by atoms with Gasteiger partial charge in [0.15, 0.2) is 0 Å². The van der Waals surface area contributed by atoms with Crippen molar-refractivity contribution in [2.75, 3.05) is 19.6 Å². The highest BCUT2D eigenvalue weighted by Gasteiger charge is 2.49. The molecule has 0 aromatic carbocycles. The van der Waals surface area contributed by atoms with Crippen LogP contribution in [-0.2, 0) is 0 Å². The first-order valence-corrected chi connectivity index (χ1v) is 8.28. The summed E-state index contributed by atoms with van der Waals surface area (Å²) in [6.45, 7) is 3.60. The molecule has 2 N–H and O–H groups in total. The maximum absolute atomic E-state index is 5.75. The van der Waals surface area contributed by atoms with Crippen LogP contribution in [0.2, 0.25) is 0 Å². The van der Waals surface area contributed by atoms with Gasteiger partial charge in [0.2, 0.25) is 0 Å². The van der Waals surface area contributed by atoms with Gasteiger partial charge in [0.25, 0.3) is 0 Å². The Morgan fingerprint density at radius 1 is 1.00 bits per heavy atom. The molecule has 2 heteroatoms. The fraction of sp³-hybridized carbons (Fsp3) is 1.00. The standard InChI is InChI=1S/C16H30N2/c17-11-7-14-5-4-12-18(13-14)15-6-10-16(15)8-2-1-3-9-16/h14-15H,1-13,17H2. The largest absolute Gasteiger partial charge is 0.330 e. The first-order chi connectivity index (χ1) is 8.84. The molecule has 2 nitrogen and oxygen atoms in total. The van der Waals surface area contributed by atoms with E-state index >= 15 is 0 Å². The normalized spacial score (nSPS) is 36.5. The number of nitrogens with zero attached hydrogens (tertiary/aromatic N) is 1. The Hall–Kier alpha value is -0.0800. The SMILES string of the molecule is NCCC1CCCN(C2CCC23CCCCC3)C1. The van der Waals surface area contributed by atoms with Crippen LogP contribution < -0.4 is 5.73 Å². The van der Waals surface area contributed by atoms with Crippen LogP contribution in [0.1, 0.15) is 64.2 Å². The molecule has 2 atom stereocenters. The van der Waals surface area contributed by atoms with Crippen molar-refractivity contribution in [3.63, 3.8) is 0 Å². The van der Waals surface area contributed by atoms with E-state index in [-0.39, 0.29) is 0 Å². The second kappa shape index (κ2) is 5.50. The van der Waals surface area contributed by atoms with Crippen LogP contribution in [0.4, 0.5) is 0 Å². The minimum absolute atomic E-state index is 0.753. The quantitative estimate of drug-likeness (QED) is 0.833. The van der Waals surface area contributed by atoms with E-state index in [1.54, 1.807) is 0 Å². The van der Waals surface area contributed by atoms with Gasteiger partial charge in [-0.2, -0.15) is 0 Å². The lowest BCUT2D eigenvalue weighted by Gasteiger charge is -2.58. The summed E-state index contributed by atoms with van der Waals surface area (Å²) in [6.07, 6.45) is 14.6. The van der Waals surface area contributed by atoms with Gasteiger partial charge >= 0.3 is 0 Å². The van der Waals surface area contributed by atoms with Crippen LogP contribution >= 0.6 is 0 Å². The lowest BCUT2D eigenvalue weighted by molar-refractivity contribution is -0.0676. The molecule has 2 saturated carbocycles. The molecule has 0 amide bonds. The van der Waals surface area contributed by atoms with Crippen molar-refractivity contribution in [2.45, 2.75) is 70.3 Å². The second-order valence-electron chi connectivity index (χ2n) is 7.06. The zero-order valence-corrected chi connectivity index (χ0v) is 11.9. The average molecular weight is 250 g/mol. The van der Waals surface area contributed by atoms with Gasteiger partial charge in [0.1, 0.15) is 0 Å². The van der Waals surface area contributed by atoms with Crippen LogP contribution in [0.15, 0.2) is 0 Å². The van der Waals surface area contributed by atoms with E-state index in [0.29, 0.717) is 0 Å². The predicted octanol–water partition coefficient (Wildman–Crippen LogP) is 3.16. The fourth-order valence-corrected chi connectivity index (χ4v) is 4.94. The Kier molecular flexibility index (Phi) is 3.95. The molecule has 2 unspecified atom stereocenters. The molecular formula is C16H30N2. The number of hydrogen-bond acceptors (Lipinski definition) is 2. The zero-order chi connectivity index (χ0) is 12.4. The Labute approximate surface area is 112 Å². The smallest absolute Gasteiger partial charge is 0.0152 e. The number of hydrogen-bond donors (Lipinski definition) is 1. The van der Waals surface area contributed by atoms with Gasteiger partial charge in [0.05, 0.1) is 0 Å². The highest BCUT2D eigenvalue weighted by Crippen LogP contribution is 2.54. The van der Waals surface area contributed by atoms with E-state index in [4.69, 9.17) is 5.73 Å². The van der Waals surface area contributed by atoms with Crippen molar-refractivity contribution in [3.8, 4) is 0 Å². The van der Waals surface area contributed by atoms with Gasteiger partial charge < -0.3 is 5.73 Å². The van der Waals surface area contributed by atoms with E-state index in [0.717, 1.165) is 23.9 Å². The maximum atomic E-state index is 5.75. The number of likely N-dealkylation sites (tertiary alicyclic amines) is 1. The lowest BCUT2D eigenvalue weighted by atomic mass is 9.56. The maximum Gasteiger partial charge on any atom is 0.0152 e. The molecule has 2 aliphatic carbocycles. The molecule has 1 heterocycles. The molecular weight excluding hydrogens is 220 g/mol. The summed E-state index contributed by atoms with van der Waals surface area (Å²) in [5.41, 5.74) is 6.50. The Morgan fingerprint density at radius 2 is 1.83 bits per heavy atom. The summed E-state index contributed by atoms with van der Waals surface area (Å²) in [5.74, 6) is 0.894.